The van der Waals surface area contributed by atoms with E-state index in [2.05, 4.69) is 9.97 Å². The van der Waals surface area contributed by atoms with Crippen LogP contribution in [0.3, 0.4) is 0 Å². The average Bonchev–Trinajstić information content (AvgIpc) is 3.11. The van der Waals surface area contributed by atoms with Gasteiger partial charge in [-0.3, -0.25) is 0 Å². The Kier molecular flexibility index (Phi) is 5.84. The molecule has 0 aliphatic carbocycles. The summed E-state index contributed by atoms with van der Waals surface area (Å²) in [5, 5.41) is 19.9. The highest BCUT2D eigenvalue weighted by Crippen LogP contribution is 2.22. The third-order valence-corrected chi connectivity index (χ3v) is 4.36. The van der Waals surface area contributed by atoms with Crippen molar-refractivity contribution in [3.63, 3.8) is 0 Å². The number of carbonyl (C=O) groups excluding carboxylic acids is 1. The lowest BCUT2D eigenvalue weighted by molar-refractivity contribution is -0.150. The van der Waals surface area contributed by atoms with Crippen molar-refractivity contribution in [2.45, 2.75) is 26.9 Å². The smallest absolute Gasteiger partial charge is 0.344 e. The minimum atomic E-state index is -1.03. The largest absolute Gasteiger partial charge is 0.507 e. The van der Waals surface area contributed by atoms with Crippen molar-refractivity contribution in [3.05, 3.63) is 65.2 Å². The van der Waals surface area contributed by atoms with Crippen molar-refractivity contribution in [1.82, 2.24) is 9.97 Å². The van der Waals surface area contributed by atoms with Crippen molar-refractivity contribution in [2.75, 3.05) is 6.61 Å². The van der Waals surface area contributed by atoms with E-state index in [0.717, 1.165) is 16.6 Å². The number of rotatable bonds is 6. The molecule has 3 aromatic rings. The van der Waals surface area contributed by atoms with Gasteiger partial charge in [0.15, 0.2) is 24.3 Å². The lowest BCUT2D eigenvalue weighted by atomic mass is 10.1. The van der Waals surface area contributed by atoms with Crippen LogP contribution in [0.4, 0.5) is 0 Å². The van der Waals surface area contributed by atoms with E-state index in [1.165, 1.54) is 6.92 Å². The zero-order chi connectivity index (χ0) is 21.0. The Morgan fingerprint density at radius 1 is 1.28 bits per heavy atom. The van der Waals surface area contributed by atoms with Crippen molar-refractivity contribution < 1.29 is 19.4 Å². The molecule has 0 radical (unpaired) electrons. The van der Waals surface area contributed by atoms with E-state index >= 15 is 0 Å². The molecule has 0 aliphatic heterocycles. The van der Waals surface area contributed by atoms with Crippen LogP contribution in [0.2, 0.25) is 0 Å². The summed E-state index contributed by atoms with van der Waals surface area (Å²) < 4.78 is 10.7. The molecule has 0 fully saturated rings. The fraction of sp³-hybridized carbons (Fsp3) is 0.227. The predicted octanol–water partition coefficient (Wildman–Crippen LogP) is 3.98. The number of fused-ring (bicyclic) bond motifs is 1. The number of aliphatic hydroxyl groups is 1. The number of allylic oxidation sites excluding steroid dienone is 1. The van der Waals surface area contributed by atoms with Gasteiger partial charge in [0.05, 0.1) is 11.0 Å². The van der Waals surface area contributed by atoms with Crippen LogP contribution in [0.1, 0.15) is 23.9 Å². The van der Waals surface area contributed by atoms with Crippen LogP contribution < -0.4 is 4.74 Å². The topological polar surface area (TPSA) is 108 Å². The van der Waals surface area contributed by atoms with E-state index in [9.17, 15) is 15.2 Å². The molecule has 148 valence electrons. The van der Waals surface area contributed by atoms with Gasteiger partial charge < -0.3 is 19.6 Å². The number of aromatic amines is 1. The number of carbonyl (C=O) groups is 1. The normalized spacial score (nSPS) is 12.8. The number of hydrogen-bond donors (Lipinski definition) is 2. The maximum Gasteiger partial charge on any atom is 0.344 e. The summed E-state index contributed by atoms with van der Waals surface area (Å²) in [6.07, 6.45) is -1.03. The molecule has 0 unspecified atom stereocenters. The summed E-state index contributed by atoms with van der Waals surface area (Å²) >= 11 is 0. The highest BCUT2D eigenvalue weighted by atomic mass is 16.6. The van der Waals surface area contributed by atoms with Crippen LogP contribution in [0, 0.1) is 25.2 Å². The second-order valence-corrected chi connectivity index (χ2v) is 6.66. The Morgan fingerprint density at radius 3 is 2.72 bits per heavy atom. The third-order valence-electron chi connectivity index (χ3n) is 4.36. The second kappa shape index (κ2) is 8.48. The van der Waals surface area contributed by atoms with E-state index in [1.807, 2.05) is 50.2 Å². The van der Waals surface area contributed by atoms with Crippen LogP contribution in [0.15, 0.2) is 48.2 Å². The molecule has 7 nitrogen and oxygen atoms in total. The van der Waals surface area contributed by atoms with Gasteiger partial charge in [-0.15, -0.1) is 0 Å². The van der Waals surface area contributed by atoms with Crippen LogP contribution >= 0.6 is 0 Å². The van der Waals surface area contributed by atoms with Crippen LogP contribution in [0.25, 0.3) is 16.6 Å². The number of nitriles is 1. The zero-order valence-electron chi connectivity index (χ0n) is 16.4. The molecule has 0 amide bonds. The fourth-order valence-corrected chi connectivity index (χ4v) is 2.89. The molecule has 2 N–H and O–H groups in total. The Hall–Kier alpha value is -3.79. The summed E-state index contributed by atoms with van der Waals surface area (Å²) in [6.45, 7) is 5.02. The van der Waals surface area contributed by atoms with Crippen molar-refractivity contribution in [3.8, 4) is 11.8 Å². The Bertz CT molecular complexity index is 1090. The Morgan fingerprint density at radius 2 is 2.03 bits per heavy atom. The number of H-pyrrole nitrogens is 1. The number of hydrogen-bond acceptors (Lipinski definition) is 6. The van der Waals surface area contributed by atoms with Crippen LogP contribution in [-0.4, -0.2) is 33.8 Å². The molecule has 0 saturated carbocycles. The molecule has 1 atom stereocenters. The molecule has 2 aromatic carbocycles. The van der Waals surface area contributed by atoms with Crippen LogP contribution in [-0.2, 0) is 9.53 Å². The monoisotopic (exact) mass is 391 g/mol. The summed E-state index contributed by atoms with van der Waals surface area (Å²) in [5.41, 5.74) is 3.31. The maximum atomic E-state index is 12.1. The van der Waals surface area contributed by atoms with Gasteiger partial charge in [-0.1, -0.05) is 29.8 Å². The van der Waals surface area contributed by atoms with Gasteiger partial charge in [-0.05, 0) is 44.5 Å². The van der Waals surface area contributed by atoms with Crippen LogP contribution in [0.5, 0.6) is 5.75 Å². The highest BCUT2D eigenvalue weighted by Gasteiger charge is 2.21. The number of nitrogens with zero attached hydrogens (tertiary/aromatic N) is 2. The summed E-state index contributed by atoms with van der Waals surface area (Å²) in [4.78, 5) is 19.4. The molecule has 0 aliphatic rings. The molecule has 3 rings (SSSR count). The molecule has 0 spiro atoms. The molecule has 7 heteroatoms. The molecular weight excluding hydrogens is 370 g/mol. The number of nitrogens with one attached hydrogen (secondary N) is 1. The van der Waals surface area contributed by atoms with Gasteiger partial charge in [-0.25, -0.2) is 9.78 Å². The number of aromatic nitrogens is 2. The lowest BCUT2D eigenvalue weighted by Crippen LogP contribution is -2.23. The summed E-state index contributed by atoms with van der Waals surface area (Å²) in [7, 11) is 0. The molecular formula is C22H21N3O4. The predicted molar refractivity (Wildman–Crippen MR) is 108 cm³/mol. The molecule has 0 saturated heterocycles. The van der Waals surface area contributed by atoms with E-state index in [1.54, 1.807) is 12.1 Å². The number of ether oxygens (including phenoxy) is 2. The van der Waals surface area contributed by atoms with Gasteiger partial charge >= 0.3 is 5.97 Å². The highest BCUT2D eigenvalue weighted by molar-refractivity contribution is 5.83. The number of esters is 1. The van der Waals surface area contributed by atoms with Crippen molar-refractivity contribution in [2.24, 2.45) is 0 Å². The minimum Gasteiger partial charge on any atom is -0.507 e. The lowest BCUT2D eigenvalue weighted by Gasteiger charge is -2.14. The van der Waals surface area contributed by atoms with Gasteiger partial charge in [0, 0.05) is 0 Å². The first-order chi connectivity index (χ1) is 13.9. The summed E-state index contributed by atoms with van der Waals surface area (Å²) in [6, 6.07) is 14.8. The molecule has 0 bridgehead atoms. The summed E-state index contributed by atoms with van der Waals surface area (Å²) in [5.74, 6) is -0.252. The maximum absolute atomic E-state index is 12.1. The SMILES string of the molecule is Cc1ccc(OCC(=O)O[C@@H](C)/C(O)=C(\C#N)c2nc3ccccc3[nH]2)c(C)c1. The number of benzene rings is 2. The van der Waals surface area contributed by atoms with E-state index in [0.29, 0.717) is 11.3 Å². The second-order valence-electron chi connectivity index (χ2n) is 6.66. The van der Waals surface area contributed by atoms with Gasteiger partial charge in [0.25, 0.3) is 0 Å². The third kappa shape index (κ3) is 4.55. The van der Waals surface area contributed by atoms with Gasteiger partial charge in [0.2, 0.25) is 0 Å². The van der Waals surface area contributed by atoms with Gasteiger partial charge in [-0.2, -0.15) is 5.26 Å². The fourth-order valence-electron chi connectivity index (χ4n) is 2.89. The first kappa shape index (κ1) is 20.0. The van der Waals surface area contributed by atoms with Gasteiger partial charge in [0.1, 0.15) is 17.4 Å². The average molecular weight is 391 g/mol. The Labute approximate surface area is 168 Å². The molecule has 29 heavy (non-hydrogen) atoms. The number of imidazole rings is 1. The number of aliphatic hydroxyl groups excluding tert-OH is 1. The molecule has 1 aromatic heterocycles. The zero-order valence-corrected chi connectivity index (χ0v) is 16.4. The minimum absolute atomic E-state index is 0.0863. The molecule has 1 heterocycles. The first-order valence-corrected chi connectivity index (χ1v) is 9.07. The van der Waals surface area contributed by atoms with Crippen molar-refractivity contribution in [1.29, 1.82) is 5.26 Å². The van der Waals surface area contributed by atoms with E-state index in [-0.39, 0.29) is 23.8 Å². The number of para-hydroxylation sites is 2. The first-order valence-electron chi connectivity index (χ1n) is 9.07. The van der Waals surface area contributed by atoms with Crippen molar-refractivity contribution >= 4 is 22.6 Å². The standard InChI is InChI=1S/C22H21N3O4/c1-13-8-9-19(14(2)10-13)28-12-20(26)29-15(3)21(27)16(11-23)22-24-17-6-4-5-7-18(17)25-22/h4-10,15,27H,12H2,1-3H3,(H,24,25)/b21-16-/t15-/m0/s1. The number of aryl methyl sites for hydroxylation is 2. The quantitative estimate of drug-likeness (QED) is 0.374. The van der Waals surface area contributed by atoms with E-state index in [4.69, 9.17) is 9.47 Å². The van der Waals surface area contributed by atoms with E-state index < -0.39 is 12.1 Å². The Balaban J connectivity index is 1.69.